The summed E-state index contributed by atoms with van der Waals surface area (Å²) < 4.78 is 24.3. The van der Waals surface area contributed by atoms with Gasteiger partial charge in [0.1, 0.15) is 4.90 Å². The maximum Gasteiger partial charge on any atom is 0.312 e. The second kappa shape index (κ2) is 4.16. The fourth-order valence-corrected chi connectivity index (χ4v) is 1.53. The highest BCUT2D eigenvalue weighted by atomic mass is 32.2. The van der Waals surface area contributed by atoms with Crippen molar-refractivity contribution in [3.8, 4) is 5.75 Å². The molecular weight excluding hydrogens is 210 g/mol. The molecule has 1 aromatic rings. The smallest absolute Gasteiger partial charge is 0.312 e. The van der Waals surface area contributed by atoms with Gasteiger partial charge in [-0.25, -0.2) is 4.21 Å². The molecule has 0 amide bonds. The van der Waals surface area contributed by atoms with Crippen LogP contribution in [0.3, 0.4) is 0 Å². The third kappa shape index (κ3) is 1.88. The van der Waals surface area contributed by atoms with Crippen molar-refractivity contribution in [2.75, 3.05) is 7.11 Å². The van der Waals surface area contributed by atoms with Crippen LogP contribution in [0, 0.1) is 10.1 Å². The van der Waals surface area contributed by atoms with Crippen molar-refractivity contribution in [2.45, 2.75) is 4.90 Å². The normalized spacial score (nSPS) is 12.1. The molecule has 7 heteroatoms. The van der Waals surface area contributed by atoms with Gasteiger partial charge in [-0.2, -0.15) is 0 Å². The third-order valence-corrected chi connectivity index (χ3v) is 2.24. The van der Waals surface area contributed by atoms with Crippen LogP contribution in [0.15, 0.2) is 23.1 Å². The Labute approximate surface area is 81.9 Å². The zero-order valence-corrected chi connectivity index (χ0v) is 7.98. The minimum Gasteiger partial charge on any atom is -0.489 e. The highest BCUT2D eigenvalue weighted by Gasteiger charge is 2.20. The number of nitro benzene ring substituents is 1. The van der Waals surface area contributed by atoms with Gasteiger partial charge >= 0.3 is 5.69 Å². The van der Waals surface area contributed by atoms with Gasteiger partial charge < -0.3 is 9.29 Å². The predicted molar refractivity (Wildman–Crippen MR) is 48.7 cm³/mol. The van der Waals surface area contributed by atoms with E-state index in [2.05, 4.69) is 0 Å². The van der Waals surface area contributed by atoms with E-state index < -0.39 is 16.0 Å². The summed E-state index contributed by atoms with van der Waals surface area (Å²) in [7, 11) is 1.21. The highest BCUT2D eigenvalue weighted by molar-refractivity contribution is 7.79. The molecule has 0 bridgehead atoms. The van der Waals surface area contributed by atoms with Gasteiger partial charge in [0, 0.05) is 6.07 Å². The number of methoxy groups -OCH3 is 1. The lowest BCUT2D eigenvalue weighted by atomic mass is 10.3. The number of para-hydroxylation sites is 1. The zero-order valence-electron chi connectivity index (χ0n) is 7.17. The van der Waals surface area contributed by atoms with Crippen molar-refractivity contribution < 1.29 is 18.4 Å². The van der Waals surface area contributed by atoms with Gasteiger partial charge in [0.25, 0.3) is 0 Å². The SMILES string of the molecule is COc1c([N+](=O)[O-])cccc1S(=O)O. The molecule has 0 fully saturated rings. The van der Waals surface area contributed by atoms with E-state index >= 15 is 0 Å². The van der Waals surface area contributed by atoms with Crippen LogP contribution in [-0.4, -0.2) is 20.8 Å². The fraction of sp³-hybridized carbons (Fsp3) is 0.143. The highest BCUT2D eigenvalue weighted by Crippen LogP contribution is 2.31. The van der Waals surface area contributed by atoms with Gasteiger partial charge in [0.05, 0.1) is 12.0 Å². The molecule has 1 unspecified atom stereocenters. The maximum atomic E-state index is 10.8. The Morgan fingerprint density at radius 3 is 2.64 bits per heavy atom. The van der Waals surface area contributed by atoms with E-state index in [1.165, 1.54) is 25.3 Å². The number of benzene rings is 1. The average molecular weight is 217 g/mol. The first-order chi connectivity index (χ1) is 6.57. The summed E-state index contributed by atoms with van der Waals surface area (Å²) in [5, 5.41) is 10.5. The number of nitrogens with zero attached hydrogens (tertiary/aromatic N) is 1. The number of hydrogen-bond acceptors (Lipinski definition) is 4. The summed E-state index contributed by atoms with van der Waals surface area (Å²) in [4.78, 5) is 9.72. The van der Waals surface area contributed by atoms with Crippen LogP contribution in [0.25, 0.3) is 0 Å². The Bertz CT molecular complexity index is 359. The predicted octanol–water partition coefficient (Wildman–Crippen LogP) is 1.18. The summed E-state index contributed by atoms with van der Waals surface area (Å²) >= 11 is -2.30. The molecule has 6 nitrogen and oxygen atoms in total. The molecule has 0 aliphatic carbocycles. The second-order valence-electron chi connectivity index (χ2n) is 2.31. The molecule has 0 saturated heterocycles. The fourth-order valence-electron chi connectivity index (χ4n) is 0.991. The number of ether oxygens (including phenoxy) is 1. The largest absolute Gasteiger partial charge is 0.489 e. The summed E-state index contributed by atoms with van der Waals surface area (Å²) in [6.45, 7) is 0. The monoisotopic (exact) mass is 217 g/mol. The molecule has 1 N–H and O–H groups in total. The van der Waals surface area contributed by atoms with Crippen LogP contribution in [0.1, 0.15) is 0 Å². The summed E-state index contributed by atoms with van der Waals surface area (Å²) in [5.74, 6) is -0.182. The van der Waals surface area contributed by atoms with Crippen molar-refractivity contribution in [1.82, 2.24) is 0 Å². The molecule has 0 heterocycles. The molecule has 1 atom stereocenters. The molecular formula is C7H7NO5S. The van der Waals surface area contributed by atoms with Gasteiger partial charge in [-0.15, -0.1) is 0 Å². The van der Waals surface area contributed by atoms with Crippen LogP contribution < -0.4 is 4.74 Å². The van der Waals surface area contributed by atoms with Crippen LogP contribution in [0.2, 0.25) is 0 Å². The molecule has 0 radical (unpaired) electrons. The Kier molecular flexibility index (Phi) is 3.15. The maximum absolute atomic E-state index is 10.8. The van der Waals surface area contributed by atoms with Crippen LogP contribution in [0.5, 0.6) is 5.75 Å². The van der Waals surface area contributed by atoms with Crippen LogP contribution in [0.4, 0.5) is 5.69 Å². The van der Waals surface area contributed by atoms with Crippen molar-refractivity contribution in [3.63, 3.8) is 0 Å². The van der Waals surface area contributed by atoms with Gasteiger partial charge in [-0.1, -0.05) is 6.07 Å². The summed E-state index contributed by atoms with van der Waals surface area (Å²) in [6, 6.07) is 3.82. The minimum absolute atomic E-state index is 0.110. The third-order valence-electron chi connectivity index (χ3n) is 1.55. The topological polar surface area (TPSA) is 89.7 Å². The Hall–Kier alpha value is -1.47. The van der Waals surface area contributed by atoms with E-state index in [0.717, 1.165) is 0 Å². The van der Waals surface area contributed by atoms with Crippen molar-refractivity contribution in [3.05, 3.63) is 28.3 Å². The standard InChI is InChI=1S/C7H7NO5S/c1-13-7-5(8(9)10)3-2-4-6(7)14(11)12/h2-4H,1H3,(H,11,12). The van der Waals surface area contributed by atoms with E-state index in [4.69, 9.17) is 9.29 Å². The van der Waals surface area contributed by atoms with Gasteiger partial charge in [0.2, 0.25) is 5.75 Å². The molecule has 0 spiro atoms. The van der Waals surface area contributed by atoms with Gasteiger partial charge in [-0.05, 0) is 6.07 Å². The molecule has 1 aromatic carbocycles. The second-order valence-corrected chi connectivity index (χ2v) is 3.25. The molecule has 76 valence electrons. The number of hydrogen-bond donors (Lipinski definition) is 1. The van der Waals surface area contributed by atoms with E-state index in [1.54, 1.807) is 0 Å². The van der Waals surface area contributed by atoms with E-state index in [0.29, 0.717) is 0 Å². The quantitative estimate of drug-likeness (QED) is 0.466. The van der Waals surface area contributed by atoms with Crippen LogP contribution in [-0.2, 0) is 11.1 Å². The van der Waals surface area contributed by atoms with Gasteiger partial charge in [0.15, 0.2) is 11.1 Å². The van der Waals surface area contributed by atoms with Crippen molar-refractivity contribution >= 4 is 16.8 Å². The summed E-state index contributed by atoms with van der Waals surface area (Å²) in [5.41, 5.74) is -0.326. The van der Waals surface area contributed by atoms with E-state index in [-0.39, 0.29) is 16.3 Å². The lowest BCUT2D eigenvalue weighted by Gasteiger charge is -2.04. The number of rotatable bonds is 3. The van der Waals surface area contributed by atoms with E-state index in [1.807, 2.05) is 0 Å². The average Bonchev–Trinajstić information content (AvgIpc) is 2.16. The molecule has 0 saturated carbocycles. The lowest BCUT2D eigenvalue weighted by Crippen LogP contribution is -1.99. The Morgan fingerprint density at radius 1 is 1.57 bits per heavy atom. The van der Waals surface area contributed by atoms with Crippen molar-refractivity contribution in [2.24, 2.45) is 0 Å². The number of nitro groups is 1. The molecule has 0 aliphatic rings. The molecule has 1 rings (SSSR count). The Morgan fingerprint density at radius 2 is 2.21 bits per heavy atom. The Balaban J connectivity index is 3.39. The first kappa shape index (κ1) is 10.6. The first-order valence-corrected chi connectivity index (χ1v) is 4.61. The first-order valence-electron chi connectivity index (χ1n) is 3.50. The van der Waals surface area contributed by atoms with Crippen molar-refractivity contribution in [1.29, 1.82) is 0 Å². The summed E-state index contributed by atoms with van der Waals surface area (Å²) in [6.07, 6.45) is 0. The minimum atomic E-state index is -2.30. The van der Waals surface area contributed by atoms with Crippen LogP contribution >= 0.6 is 0 Å². The molecule has 0 aromatic heterocycles. The van der Waals surface area contributed by atoms with Gasteiger partial charge in [-0.3, -0.25) is 10.1 Å². The molecule has 14 heavy (non-hydrogen) atoms. The lowest BCUT2D eigenvalue weighted by molar-refractivity contribution is -0.386. The molecule has 0 aliphatic heterocycles. The van der Waals surface area contributed by atoms with E-state index in [9.17, 15) is 14.3 Å². The zero-order chi connectivity index (χ0) is 10.7.